The summed E-state index contributed by atoms with van der Waals surface area (Å²) in [5, 5.41) is 9.08. The quantitative estimate of drug-likeness (QED) is 0.944. The molecule has 4 rings (SSSR count). The first kappa shape index (κ1) is 14.9. The van der Waals surface area contributed by atoms with Crippen molar-refractivity contribution >= 4 is 11.9 Å². The second-order valence-corrected chi connectivity index (χ2v) is 6.45. The number of nitrogens with zero attached hydrogens (tertiary/aromatic N) is 1. The minimum atomic E-state index is -0.760. The van der Waals surface area contributed by atoms with Gasteiger partial charge in [0.25, 0.3) is 5.91 Å². The molecule has 24 heavy (non-hydrogen) atoms. The van der Waals surface area contributed by atoms with Crippen molar-refractivity contribution in [2.45, 2.75) is 0 Å². The molecule has 0 radical (unpaired) electrons. The molecule has 2 fully saturated rings. The molecule has 1 N–H and O–H groups in total. The van der Waals surface area contributed by atoms with Gasteiger partial charge in [0, 0.05) is 18.7 Å². The molecule has 1 aliphatic heterocycles. The van der Waals surface area contributed by atoms with E-state index in [-0.39, 0.29) is 29.5 Å². The van der Waals surface area contributed by atoms with Crippen LogP contribution in [0.3, 0.4) is 0 Å². The number of carboxylic acids is 1. The van der Waals surface area contributed by atoms with Crippen LogP contribution in [0.15, 0.2) is 48.5 Å². The van der Waals surface area contributed by atoms with E-state index < -0.39 is 5.97 Å². The molecule has 2 aromatic carbocycles. The van der Waals surface area contributed by atoms with Gasteiger partial charge >= 0.3 is 5.97 Å². The van der Waals surface area contributed by atoms with Crippen LogP contribution < -0.4 is 0 Å². The summed E-state index contributed by atoms with van der Waals surface area (Å²) in [4.78, 5) is 25.6. The van der Waals surface area contributed by atoms with Gasteiger partial charge in [-0.05, 0) is 41.2 Å². The van der Waals surface area contributed by atoms with E-state index in [9.17, 15) is 14.0 Å². The van der Waals surface area contributed by atoms with Crippen LogP contribution in [0.25, 0.3) is 11.1 Å². The fourth-order valence-electron chi connectivity index (χ4n) is 3.78. The van der Waals surface area contributed by atoms with Crippen LogP contribution in [-0.2, 0) is 4.79 Å². The smallest absolute Gasteiger partial charge is 0.307 e. The van der Waals surface area contributed by atoms with Gasteiger partial charge in [-0.2, -0.15) is 0 Å². The largest absolute Gasteiger partial charge is 0.481 e. The highest BCUT2D eigenvalue weighted by molar-refractivity contribution is 6.01. The lowest BCUT2D eigenvalue weighted by atomic mass is 9.98. The maximum absolute atomic E-state index is 13.1. The highest BCUT2D eigenvalue weighted by Gasteiger charge is 2.60. The van der Waals surface area contributed by atoms with Crippen molar-refractivity contribution < 1.29 is 19.1 Å². The zero-order valence-corrected chi connectivity index (χ0v) is 12.9. The number of likely N-dealkylation sites (tertiary alicyclic amines) is 1. The van der Waals surface area contributed by atoms with Crippen molar-refractivity contribution in [2.24, 2.45) is 17.8 Å². The molecule has 1 saturated carbocycles. The summed E-state index contributed by atoms with van der Waals surface area (Å²) in [5.74, 6) is -1.28. The molecule has 2 aliphatic rings. The van der Waals surface area contributed by atoms with Gasteiger partial charge < -0.3 is 10.0 Å². The Labute approximate surface area is 138 Å². The SMILES string of the molecule is O=C(O)C1C2CN(C(=O)c3ccccc3-c3ccc(F)cc3)CC21. The van der Waals surface area contributed by atoms with E-state index in [4.69, 9.17) is 5.11 Å². The molecule has 1 amide bonds. The molecular weight excluding hydrogens is 309 g/mol. The third-order valence-corrected chi connectivity index (χ3v) is 5.08. The molecule has 2 aromatic rings. The first-order valence-electron chi connectivity index (χ1n) is 7.93. The number of carboxylic acid groups (broad SMARTS) is 1. The average Bonchev–Trinajstić information content (AvgIpc) is 3.10. The molecule has 2 unspecified atom stereocenters. The normalized spacial score (nSPS) is 24.5. The highest BCUT2D eigenvalue weighted by Crippen LogP contribution is 2.52. The van der Waals surface area contributed by atoms with Gasteiger partial charge in [-0.1, -0.05) is 30.3 Å². The number of halogens is 1. The molecule has 4 nitrogen and oxygen atoms in total. The average molecular weight is 325 g/mol. The van der Waals surface area contributed by atoms with Crippen molar-refractivity contribution in [3.8, 4) is 11.1 Å². The molecule has 5 heteroatoms. The Morgan fingerprint density at radius 3 is 2.25 bits per heavy atom. The number of hydrogen-bond acceptors (Lipinski definition) is 2. The van der Waals surface area contributed by atoms with Crippen LogP contribution in [0.5, 0.6) is 0 Å². The van der Waals surface area contributed by atoms with E-state index in [2.05, 4.69) is 0 Å². The zero-order chi connectivity index (χ0) is 16.8. The lowest BCUT2D eigenvalue weighted by Gasteiger charge is -2.21. The zero-order valence-electron chi connectivity index (χ0n) is 12.9. The van der Waals surface area contributed by atoms with Crippen LogP contribution in [0.4, 0.5) is 4.39 Å². The molecule has 1 saturated heterocycles. The van der Waals surface area contributed by atoms with E-state index in [0.29, 0.717) is 18.7 Å². The number of aliphatic carboxylic acids is 1. The van der Waals surface area contributed by atoms with Crippen LogP contribution in [-0.4, -0.2) is 35.0 Å². The highest BCUT2D eigenvalue weighted by atomic mass is 19.1. The van der Waals surface area contributed by atoms with Crippen LogP contribution in [0, 0.1) is 23.6 Å². The predicted molar refractivity (Wildman–Crippen MR) is 85.8 cm³/mol. The molecule has 1 aliphatic carbocycles. The topological polar surface area (TPSA) is 57.6 Å². The van der Waals surface area contributed by atoms with E-state index in [1.807, 2.05) is 12.1 Å². The molecule has 0 spiro atoms. The predicted octanol–water partition coefficient (Wildman–Crippen LogP) is 2.90. The summed E-state index contributed by atoms with van der Waals surface area (Å²) in [5.41, 5.74) is 2.11. The lowest BCUT2D eigenvalue weighted by Crippen LogP contribution is -2.32. The Morgan fingerprint density at radius 1 is 1.00 bits per heavy atom. The second kappa shape index (κ2) is 5.44. The molecule has 122 valence electrons. The Hall–Kier alpha value is -2.69. The first-order chi connectivity index (χ1) is 11.6. The van der Waals surface area contributed by atoms with Gasteiger partial charge in [-0.25, -0.2) is 4.39 Å². The van der Waals surface area contributed by atoms with Crippen molar-refractivity contribution in [3.63, 3.8) is 0 Å². The van der Waals surface area contributed by atoms with Gasteiger partial charge in [-0.3, -0.25) is 9.59 Å². The van der Waals surface area contributed by atoms with Gasteiger partial charge in [-0.15, -0.1) is 0 Å². The van der Waals surface area contributed by atoms with Crippen LogP contribution in [0.2, 0.25) is 0 Å². The van der Waals surface area contributed by atoms with Crippen LogP contribution in [0.1, 0.15) is 10.4 Å². The van der Waals surface area contributed by atoms with E-state index in [0.717, 1.165) is 11.1 Å². The van der Waals surface area contributed by atoms with E-state index >= 15 is 0 Å². The maximum atomic E-state index is 13.1. The minimum Gasteiger partial charge on any atom is -0.481 e. The Balaban J connectivity index is 1.58. The summed E-state index contributed by atoms with van der Waals surface area (Å²) < 4.78 is 13.1. The maximum Gasteiger partial charge on any atom is 0.307 e. The van der Waals surface area contributed by atoms with Gasteiger partial charge in [0.1, 0.15) is 5.82 Å². The first-order valence-corrected chi connectivity index (χ1v) is 7.93. The fourth-order valence-corrected chi connectivity index (χ4v) is 3.78. The Bertz CT molecular complexity index is 806. The fraction of sp³-hybridized carbons (Fsp3) is 0.263. The minimum absolute atomic E-state index is 0.0874. The Morgan fingerprint density at radius 2 is 1.62 bits per heavy atom. The molecule has 0 aromatic heterocycles. The number of carbonyl (C=O) groups excluding carboxylic acids is 1. The molecule has 2 atom stereocenters. The number of carbonyl (C=O) groups is 2. The third-order valence-electron chi connectivity index (χ3n) is 5.08. The standard InChI is InChI=1S/C19H16FNO3/c20-12-7-5-11(6-8-12)13-3-1-2-4-14(13)18(22)21-9-15-16(10-21)17(15)19(23)24/h1-8,15-17H,9-10H2,(H,23,24). The van der Waals surface area contributed by atoms with Gasteiger partial charge in [0.05, 0.1) is 5.92 Å². The summed E-state index contributed by atoms with van der Waals surface area (Å²) in [6.45, 7) is 0.996. The number of amides is 1. The third kappa shape index (κ3) is 2.37. The molecule has 0 bridgehead atoms. The Kier molecular flexibility index (Phi) is 3.37. The van der Waals surface area contributed by atoms with Crippen molar-refractivity contribution in [1.29, 1.82) is 0 Å². The molecular formula is C19H16FNO3. The van der Waals surface area contributed by atoms with Crippen molar-refractivity contribution in [2.75, 3.05) is 13.1 Å². The van der Waals surface area contributed by atoms with E-state index in [1.165, 1.54) is 12.1 Å². The summed E-state index contributed by atoms with van der Waals surface area (Å²) in [6, 6.07) is 13.3. The number of fused-ring (bicyclic) bond motifs is 1. The van der Waals surface area contributed by atoms with Crippen molar-refractivity contribution in [3.05, 3.63) is 59.9 Å². The van der Waals surface area contributed by atoms with Gasteiger partial charge in [0.15, 0.2) is 0 Å². The van der Waals surface area contributed by atoms with Crippen molar-refractivity contribution in [1.82, 2.24) is 4.90 Å². The summed E-state index contributed by atoms with van der Waals surface area (Å²) >= 11 is 0. The monoisotopic (exact) mass is 325 g/mol. The lowest BCUT2D eigenvalue weighted by molar-refractivity contribution is -0.139. The number of benzene rings is 2. The number of hydrogen-bond donors (Lipinski definition) is 1. The van der Waals surface area contributed by atoms with Gasteiger partial charge in [0.2, 0.25) is 0 Å². The summed E-state index contributed by atoms with van der Waals surface area (Å²) in [7, 11) is 0. The van der Waals surface area contributed by atoms with E-state index in [1.54, 1.807) is 29.2 Å². The van der Waals surface area contributed by atoms with Crippen LogP contribution >= 0.6 is 0 Å². The number of rotatable bonds is 3. The number of piperidine rings is 1. The second-order valence-electron chi connectivity index (χ2n) is 6.45. The molecule has 1 heterocycles. The summed E-state index contributed by atoms with van der Waals surface area (Å²) in [6.07, 6.45) is 0.